The molecule has 0 saturated carbocycles. The summed E-state index contributed by atoms with van der Waals surface area (Å²) in [4.78, 5) is 2.32. The van der Waals surface area contributed by atoms with E-state index in [9.17, 15) is 0 Å². The standard InChI is InChI=1S/C49H31NO/c1-3-14-32(15-4-1)33-26-28-35(29-27-33)50(34-16-5-2-6-17-34)44-25-13-21-39-47-45(51-48(39)44)31-30-43-46(47)38-20-9-12-24-42(38)49(43)40-22-10-7-18-36(40)37-19-8-11-23-41(37)49/h1-31H. The van der Waals surface area contributed by atoms with Crippen LogP contribution >= 0.6 is 0 Å². The molecule has 0 bridgehead atoms. The van der Waals surface area contributed by atoms with E-state index in [1.165, 1.54) is 61.0 Å². The number of para-hydroxylation sites is 2. The van der Waals surface area contributed by atoms with E-state index < -0.39 is 5.41 Å². The molecule has 2 aliphatic rings. The van der Waals surface area contributed by atoms with Gasteiger partial charge in [-0.15, -0.1) is 0 Å². The van der Waals surface area contributed by atoms with Crippen LogP contribution in [0.3, 0.4) is 0 Å². The fourth-order valence-corrected chi connectivity index (χ4v) is 9.07. The predicted octanol–water partition coefficient (Wildman–Crippen LogP) is 13.1. The Morgan fingerprint density at radius 3 is 1.63 bits per heavy atom. The minimum absolute atomic E-state index is 0.398. The highest BCUT2D eigenvalue weighted by Crippen LogP contribution is 2.64. The number of furan rings is 1. The summed E-state index contributed by atoms with van der Waals surface area (Å²) in [6, 6.07) is 68.1. The van der Waals surface area contributed by atoms with Gasteiger partial charge in [-0.1, -0.05) is 152 Å². The highest BCUT2D eigenvalue weighted by Gasteiger charge is 2.52. The maximum Gasteiger partial charge on any atom is 0.159 e. The Labute approximate surface area is 296 Å². The normalized spacial score (nSPS) is 13.3. The van der Waals surface area contributed by atoms with Crippen LogP contribution in [0.2, 0.25) is 0 Å². The highest BCUT2D eigenvalue weighted by molar-refractivity contribution is 6.18. The minimum Gasteiger partial charge on any atom is -0.454 e. The van der Waals surface area contributed by atoms with Crippen LogP contribution in [0, 0.1) is 0 Å². The number of anilines is 3. The average molecular weight is 650 g/mol. The van der Waals surface area contributed by atoms with E-state index in [1.54, 1.807) is 0 Å². The number of hydrogen-bond donors (Lipinski definition) is 0. The Morgan fingerprint density at radius 2 is 0.941 bits per heavy atom. The third-order valence-corrected chi connectivity index (χ3v) is 11.1. The molecule has 2 aliphatic carbocycles. The van der Waals surface area contributed by atoms with Gasteiger partial charge in [0.1, 0.15) is 5.58 Å². The van der Waals surface area contributed by atoms with Crippen molar-refractivity contribution in [1.82, 2.24) is 0 Å². The maximum absolute atomic E-state index is 6.99. The quantitative estimate of drug-likeness (QED) is 0.189. The summed E-state index contributed by atoms with van der Waals surface area (Å²) in [6.45, 7) is 0. The van der Waals surface area contributed by atoms with E-state index in [1.807, 2.05) is 0 Å². The molecule has 1 heterocycles. The Hall–Kier alpha value is -6.64. The fraction of sp³-hybridized carbons (Fsp3) is 0.0204. The van der Waals surface area contributed by atoms with Gasteiger partial charge < -0.3 is 9.32 Å². The van der Waals surface area contributed by atoms with Gasteiger partial charge in [0.2, 0.25) is 0 Å². The van der Waals surface area contributed by atoms with Crippen molar-refractivity contribution < 1.29 is 4.42 Å². The van der Waals surface area contributed by atoms with Gasteiger partial charge in [-0.05, 0) is 92.0 Å². The van der Waals surface area contributed by atoms with Crippen LogP contribution in [0.25, 0.3) is 55.3 Å². The molecular weight excluding hydrogens is 619 g/mol. The first kappa shape index (κ1) is 28.2. The van der Waals surface area contributed by atoms with Gasteiger partial charge in [-0.2, -0.15) is 0 Å². The molecule has 0 saturated heterocycles. The highest BCUT2D eigenvalue weighted by atomic mass is 16.3. The van der Waals surface area contributed by atoms with Crippen LogP contribution in [-0.4, -0.2) is 0 Å². The molecule has 51 heavy (non-hydrogen) atoms. The van der Waals surface area contributed by atoms with Gasteiger partial charge in [0.25, 0.3) is 0 Å². The molecule has 0 atom stereocenters. The summed E-state index contributed by atoms with van der Waals surface area (Å²) in [5.41, 5.74) is 17.4. The third-order valence-electron chi connectivity index (χ3n) is 11.1. The lowest BCUT2D eigenvalue weighted by atomic mass is 9.70. The van der Waals surface area contributed by atoms with E-state index in [2.05, 4.69) is 193 Å². The number of rotatable bonds is 4. The van der Waals surface area contributed by atoms with Crippen LogP contribution in [0.1, 0.15) is 22.3 Å². The van der Waals surface area contributed by atoms with E-state index >= 15 is 0 Å². The SMILES string of the molecule is c1ccc(-c2ccc(N(c3ccccc3)c3cccc4c3oc3ccc5c(c34)-c3ccccc3C53c4ccccc4-c4ccccc43)cc2)cc1. The number of nitrogens with zero attached hydrogens (tertiary/aromatic N) is 1. The molecular formula is C49H31NO. The monoisotopic (exact) mass is 649 g/mol. The first-order chi connectivity index (χ1) is 25.3. The summed E-state index contributed by atoms with van der Waals surface area (Å²) >= 11 is 0. The van der Waals surface area contributed by atoms with Crippen molar-refractivity contribution in [2.24, 2.45) is 0 Å². The molecule has 1 spiro atoms. The second kappa shape index (κ2) is 10.7. The summed E-state index contributed by atoms with van der Waals surface area (Å²) in [5.74, 6) is 0. The molecule has 0 N–H and O–H groups in total. The van der Waals surface area contributed by atoms with E-state index in [-0.39, 0.29) is 0 Å². The lowest BCUT2D eigenvalue weighted by molar-refractivity contribution is 0.668. The van der Waals surface area contributed by atoms with Crippen molar-refractivity contribution >= 4 is 39.0 Å². The van der Waals surface area contributed by atoms with Crippen molar-refractivity contribution in [2.45, 2.75) is 5.41 Å². The third kappa shape index (κ3) is 3.82. The van der Waals surface area contributed by atoms with Crippen molar-refractivity contribution in [2.75, 3.05) is 4.90 Å². The Bertz CT molecular complexity index is 2750. The average Bonchev–Trinajstić information content (AvgIpc) is 3.84. The number of benzene rings is 8. The van der Waals surface area contributed by atoms with Crippen LogP contribution < -0.4 is 4.90 Å². The maximum atomic E-state index is 6.99. The fourth-order valence-electron chi connectivity index (χ4n) is 9.07. The number of fused-ring (bicyclic) bond motifs is 14. The molecule has 0 fully saturated rings. The lowest BCUT2D eigenvalue weighted by Crippen LogP contribution is -2.25. The molecule has 2 nitrogen and oxygen atoms in total. The molecule has 1 aromatic heterocycles. The Balaban J connectivity index is 1.17. The zero-order valence-electron chi connectivity index (χ0n) is 27.8. The largest absolute Gasteiger partial charge is 0.454 e. The topological polar surface area (TPSA) is 16.4 Å². The lowest BCUT2D eigenvalue weighted by Gasteiger charge is -2.30. The van der Waals surface area contributed by atoms with Gasteiger partial charge in [-0.3, -0.25) is 0 Å². The van der Waals surface area contributed by atoms with Gasteiger partial charge >= 0.3 is 0 Å². The molecule has 238 valence electrons. The predicted molar refractivity (Wildman–Crippen MR) is 210 cm³/mol. The van der Waals surface area contributed by atoms with Crippen LogP contribution in [0.15, 0.2) is 192 Å². The number of hydrogen-bond acceptors (Lipinski definition) is 2. The summed E-state index contributed by atoms with van der Waals surface area (Å²) in [7, 11) is 0. The second-order valence-corrected chi connectivity index (χ2v) is 13.6. The van der Waals surface area contributed by atoms with Crippen molar-refractivity contribution in [3.05, 3.63) is 210 Å². The minimum atomic E-state index is -0.398. The van der Waals surface area contributed by atoms with Crippen LogP contribution in [0.4, 0.5) is 17.1 Å². The molecule has 2 heteroatoms. The molecule has 11 rings (SSSR count). The molecule has 0 unspecified atom stereocenters. The summed E-state index contributed by atoms with van der Waals surface area (Å²) < 4.78 is 6.99. The zero-order chi connectivity index (χ0) is 33.5. The second-order valence-electron chi connectivity index (χ2n) is 13.6. The van der Waals surface area contributed by atoms with Gasteiger partial charge in [-0.25, -0.2) is 0 Å². The van der Waals surface area contributed by atoms with E-state index in [0.717, 1.165) is 33.6 Å². The van der Waals surface area contributed by atoms with Crippen LogP contribution in [0.5, 0.6) is 0 Å². The smallest absolute Gasteiger partial charge is 0.159 e. The molecule has 0 radical (unpaired) electrons. The first-order valence-corrected chi connectivity index (χ1v) is 17.6. The van der Waals surface area contributed by atoms with Crippen molar-refractivity contribution in [3.63, 3.8) is 0 Å². The molecule has 0 amide bonds. The van der Waals surface area contributed by atoms with Crippen molar-refractivity contribution in [3.8, 4) is 33.4 Å². The summed E-state index contributed by atoms with van der Waals surface area (Å²) in [6.07, 6.45) is 0. The Morgan fingerprint density at radius 1 is 0.392 bits per heavy atom. The van der Waals surface area contributed by atoms with Crippen LogP contribution in [-0.2, 0) is 5.41 Å². The first-order valence-electron chi connectivity index (χ1n) is 17.6. The molecule has 8 aromatic carbocycles. The molecule has 0 aliphatic heterocycles. The zero-order valence-corrected chi connectivity index (χ0v) is 27.8. The summed E-state index contributed by atoms with van der Waals surface area (Å²) in [5, 5.41) is 2.29. The van der Waals surface area contributed by atoms with Gasteiger partial charge in [0.05, 0.1) is 11.1 Å². The Kier molecular flexibility index (Phi) is 5.91. The van der Waals surface area contributed by atoms with E-state index in [0.29, 0.717) is 0 Å². The van der Waals surface area contributed by atoms with E-state index in [4.69, 9.17) is 4.42 Å². The van der Waals surface area contributed by atoms with Crippen molar-refractivity contribution in [1.29, 1.82) is 0 Å². The van der Waals surface area contributed by atoms with Gasteiger partial charge in [0, 0.05) is 22.1 Å². The molecule has 9 aromatic rings. The van der Waals surface area contributed by atoms with Gasteiger partial charge in [0.15, 0.2) is 5.58 Å².